The fourth-order valence-corrected chi connectivity index (χ4v) is 6.36. The number of likely N-dealkylation sites (N-methyl/N-ethyl adjacent to an activating group) is 2. The lowest BCUT2D eigenvalue weighted by molar-refractivity contribution is 0.119. The lowest BCUT2D eigenvalue weighted by Gasteiger charge is -2.38. The lowest BCUT2D eigenvalue weighted by atomic mass is 9.84. The Kier molecular flexibility index (Phi) is 14.3. The fourth-order valence-electron chi connectivity index (χ4n) is 4.97. The second-order valence-electron chi connectivity index (χ2n) is 11.2. The quantitative estimate of drug-likeness (QED) is 0.317. The minimum absolute atomic E-state index is 0.226. The summed E-state index contributed by atoms with van der Waals surface area (Å²) in [4.78, 5) is 1.62. The topological polar surface area (TPSA) is 39.3 Å². The second kappa shape index (κ2) is 15.8. The van der Waals surface area contributed by atoms with Crippen molar-refractivity contribution in [3.05, 3.63) is 53.8 Å². The molecule has 2 aliphatic heterocycles. The number of halogens is 2. The number of allylic oxidation sites excluding steroid dienone is 1. The molecule has 0 aromatic carbocycles. The van der Waals surface area contributed by atoms with Gasteiger partial charge < -0.3 is 20.9 Å². The van der Waals surface area contributed by atoms with Gasteiger partial charge in [0.2, 0.25) is 0 Å². The van der Waals surface area contributed by atoms with Gasteiger partial charge in [0.25, 0.3) is 0 Å². The van der Waals surface area contributed by atoms with Crippen molar-refractivity contribution in [3.8, 4) is 0 Å². The summed E-state index contributed by atoms with van der Waals surface area (Å²) in [7, 11) is 5.64. The summed E-state index contributed by atoms with van der Waals surface area (Å²) in [6.07, 6.45) is 10.0. The summed E-state index contributed by atoms with van der Waals surface area (Å²) < 4.78 is 29.4. The normalized spacial score (nSPS) is 22.5. The molecule has 4 nitrogen and oxygen atoms in total. The summed E-state index contributed by atoms with van der Waals surface area (Å²) in [5.74, 6) is 2.37. The Bertz CT molecular complexity index is 829. The Balaban J connectivity index is 0.000000471. The Morgan fingerprint density at radius 2 is 1.73 bits per heavy atom. The van der Waals surface area contributed by atoms with Gasteiger partial charge in [0.1, 0.15) is 11.5 Å². The average molecular weight is 539 g/mol. The molecule has 1 saturated heterocycles. The maximum atomic E-state index is 14.8. The van der Waals surface area contributed by atoms with Crippen LogP contribution < -0.4 is 16.0 Å². The Morgan fingerprint density at radius 3 is 2.19 bits per heavy atom. The van der Waals surface area contributed by atoms with Gasteiger partial charge in [-0.15, -0.1) is 5.73 Å². The van der Waals surface area contributed by atoms with Crippen LogP contribution in [0.2, 0.25) is 0 Å². The standard InChI is InChI=1S/C20H33F2N3.C7H15NS.C3H4/c1-13(2)24-17-10-8-7-9-14(17)19(23-5)15-11-18(20(3,4)22)25(6)12-16(15)21;1-7(8-2)3-5-9-6-4-7;1-3-2/h11-13,18-19,23-24H,7-10H2,1-6H3;8H,3-6H2,1-2H3;1-2H2. The molecule has 212 valence electrons. The van der Waals surface area contributed by atoms with Crippen LogP contribution in [0.1, 0.15) is 73.1 Å². The van der Waals surface area contributed by atoms with Crippen LogP contribution in [0.5, 0.6) is 0 Å². The zero-order valence-electron chi connectivity index (χ0n) is 24.6. The molecule has 1 fully saturated rings. The van der Waals surface area contributed by atoms with E-state index in [1.54, 1.807) is 31.9 Å². The van der Waals surface area contributed by atoms with Crippen molar-refractivity contribution in [2.24, 2.45) is 0 Å². The van der Waals surface area contributed by atoms with E-state index < -0.39 is 11.7 Å². The third-order valence-corrected chi connectivity index (χ3v) is 8.18. The molecule has 7 heteroatoms. The Labute approximate surface area is 230 Å². The minimum Gasteiger partial charge on any atom is -0.386 e. The number of nitrogens with one attached hydrogen (secondary N) is 3. The van der Waals surface area contributed by atoms with Crippen molar-refractivity contribution in [2.75, 3.05) is 32.6 Å². The van der Waals surface area contributed by atoms with Crippen molar-refractivity contribution in [1.82, 2.24) is 20.9 Å². The second-order valence-corrected chi connectivity index (χ2v) is 12.4. The van der Waals surface area contributed by atoms with E-state index in [1.807, 2.05) is 7.05 Å². The van der Waals surface area contributed by atoms with E-state index in [9.17, 15) is 8.78 Å². The number of thioether (sulfide) groups is 1. The molecule has 0 amide bonds. The fraction of sp³-hybridized carbons (Fsp3) is 0.700. The van der Waals surface area contributed by atoms with Crippen LogP contribution in [0.4, 0.5) is 8.78 Å². The molecule has 1 aliphatic carbocycles. The smallest absolute Gasteiger partial charge is 0.143 e. The van der Waals surface area contributed by atoms with Crippen molar-refractivity contribution in [1.29, 1.82) is 0 Å². The van der Waals surface area contributed by atoms with Crippen LogP contribution in [0.15, 0.2) is 53.8 Å². The maximum absolute atomic E-state index is 14.8. The largest absolute Gasteiger partial charge is 0.386 e. The zero-order valence-corrected chi connectivity index (χ0v) is 25.4. The number of hydrogen-bond donors (Lipinski definition) is 3. The van der Waals surface area contributed by atoms with Gasteiger partial charge in [0, 0.05) is 36.1 Å². The van der Waals surface area contributed by atoms with E-state index in [0.29, 0.717) is 17.2 Å². The van der Waals surface area contributed by atoms with Gasteiger partial charge in [-0.1, -0.05) is 19.2 Å². The van der Waals surface area contributed by atoms with Gasteiger partial charge >= 0.3 is 0 Å². The molecule has 0 spiro atoms. The highest BCUT2D eigenvalue weighted by Gasteiger charge is 2.36. The molecule has 0 aromatic rings. The Hall–Kier alpha value is -1.53. The third-order valence-electron chi connectivity index (χ3n) is 7.19. The van der Waals surface area contributed by atoms with Gasteiger partial charge in [0.15, 0.2) is 0 Å². The number of nitrogens with zero attached hydrogens (tertiary/aromatic N) is 1. The van der Waals surface area contributed by atoms with Gasteiger partial charge in [-0.2, -0.15) is 11.8 Å². The molecule has 0 aromatic heterocycles. The summed E-state index contributed by atoms with van der Waals surface area (Å²) in [6, 6.07) is -0.370. The van der Waals surface area contributed by atoms with E-state index >= 15 is 0 Å². The molecule has 0 saturated carbocycles. The van der Waals surface area contributed by atoms with Crippen molar-refractivity contribution in [3.63, 3.8) is 0 Å². The van der Waals surface area contributed by atoms with Crippen LogP contribution in [0.25, 0.3) is 0 Å². The molecule has 0 bridgehead atoms. The molecule has 0 radical (unpaired) electrons. The highest BCUT2D eigenvalue weighted by atomic mass is 32.2. The van der Waals surface area contributed by atoms with Crippen LogP contribution in [0, 0.1) is 0 Å². The SMILES string of the molecule is C=C=C.CNC(C1=CC(C(C)(C)F)N(C)C=C1F)C1=C(NC(C)C)CCCC1.CNC1(C)CCSCC1. The predicted octanol–water partition coefficient (Wildman–Crippen LogP) is 6.65. The Morgan fingerprint density at radius 1 is 1.16 bits per heavy atom. The highest BCUT2D eigenvalue weighted by Crippen LogP contribution is 2.35. The van der Waals surface area contributed by atoms with Gasteiger partial charge in [0.05, 0.1) is 12.1 Å². The summed E-state index contributed by atoms with van der Waals surface area (Å²) in [5.41, 5.74) is 4.22. The van der Waals surface area contributed by atoms with Crippen molar-refractivity contribution >= 4 is 11.8 Å². The number of alkyl halides is 1. The highest BCUT2D eigenvalue weighted by molar-refractivity contribution is 7.99. The molecule has 2 heterocycles. The van der Waals surface area contributed by atoms with E-state index in [1.165, 1.54) is 41.8 Å². The zero-order chi connectivity index (χ0) is 28.2. The summed E-state index contributed by atoms with van der Waals surface area (Å²) in [6.45, 7) is 15.9. The summed E-state index contributed by atoms with van der Waals surface area (Å²) in [5, 5.41) is 10.2. The molecule has 3 aliphatic rings. The first-order chi connectivity index (χ1) is 17.3. The van der Waals surface area contributed by atoms with Gasteiger partial charge in [-0.25, -0.2) is 8.78 Å². The first kappa shape index (κ1) is 33.5. The molecule has 3 N–H and O–H groups in total. The van der Waals surface area contributed by atoms with Gasteiger partial charge in [-0.3, -0.25) is 0 Å². The lowest BCUT2D eigenvalue weighted by Crippen LogP contribution is -2.45. The minimum atomic E-state index is -1.45. The molecule has 37 heavy (non-hydrogen) atoms. The van der Waals surface area contributed by atoms with Crippen molar-refractivity contribution in [2.45, 2.75) is 102 Å². The van der Waals surface area contributed by atoms with Gasteiger partial charge in [-0.05, 0) is 104 Å². The number of hydrogen-bond acceptors (Lipinski definition) is 5. The van der Waals surface area contributed by atoms with E-state index in [-0.39, 0.29) is 11.9 Å². The number of rotatable bonds is 7. The molecular formula is C30H52F2N4S. The molecular weight excluding hydrogens is 486 g/mol. The van der Waals surface area contributed by atoms with Crippen LogP contribution in [-0.2, 0) is 0 Å². The molecule has 2 unspecified atom stereocenters. The van der Waals surface area contributed by atoms with Crippen LogP contribution in [0.3, 0.4) is 0 Å². The first-order valence-electron chi connectivity index (χ1n) is 13.5. The molecule has 3 rings (SSSR count). The van der Waals surface area contributed by atoms with Crippen molar-refractivity contribution < 1.29 is 8.78 Å². The van der Waals surface area contributed by atoms with E-state index in [2.05, 4.69) is 74.4 Å². The average Bonchev–Trinajstić information content (AvgIpc) is 2.82. The van der Waals surface area contributed by atoms with Crippen LogP contribution in [-0.4, -0.2) is 66.9 Å². The predicted molar refractivity (Wildman–Crippen MR) is 159 cm³/mol. The monoisotopic (exact) mass is 538 g/mol. The van der Waals surface area contributed by atoms with E-state index in [0.717, 1.165) is 25.7 Å². The third kappa shape index (κ3) is 10.6. The first-order valence-corrected chi connectivity index (χ1v) is 14.7. The summed E-state index contributed by atoms with van der Waals surface area (Å²) >= 11 is 2.07. The maximum Gasteiger partial charge on any atom is 0.143 e. The molecule has 2 atom stereocenters. The van der Waals surface area contributed by atoms with Crippen LogP contribution >= 0.6 is 11.8 Å². The van der Waals surface area contributed by atoms with E-state index in [4.69, 9.17) is 0 Å².